The maximum atomic E-state index is 12.9. The molecule has 0 aromatic heterocycles. The smallest absolute Gasteiger partial charge is 0.254 e. The van der Waals surface area contributed by atoms with E-state index in [1.54, 1.807) is 26.4 Å². The van der Waals surface area contributed by atoms with Gasteiger partial charge in [-0.2, -0.15) is 10.1 Å². The van der Waals surface area contributed by atoms with E-state index in [9.17, 15) is 9.59 Å². The maximum Gasteiger partial charge on any atom is 0.254 e. The molecule has 1 heterocycles. The van der Waals surface area contributed by atoms with Crippen LogP contribution in [0.5, 0.6) is 11.5 Å². The molecule has 27 heavy (non-hydrogen) atoms. The lowest BCUT2D eigenvalue weighted by molar-refractivity contribution is -0.140. The Morgan fingerprint density at radius 2 is 1.63 bits per heavy atom. The molecular formula is C20H19BrN2O4. The molecule has 6 nitrogen and oxygen atoms in total. The second-order valence-corrected chi connectivity index (χ2v) is 8.47. The van der Waals surface area contributed by atoms with E-state index < -0.39 is 0 Å². The van der Waals surface area contributed by atoms with Gasteiger partial charge >= 0.3 is 0 Å². The monoisotopic (exact) mass is 430 g/mol. The SMILES string of the molecule is COc1cc(OC)c(/C=N\N2C(=O)[C@@H]3[C@H]4C=C[C@@H]([C@@H]5C[C@@H]45)[C@@H]3C2=O)cc1Br. The Labute approximate surface area is 165 Å². The van der Waals surface area contributed by atoms with E-state index in [0.29, 0.717) is 28.9 Å². The van der Waals surface area contributed by atoms with E-state index in [-0.39, 0.29) is 35.5 Å². The van der Waals surface area contributed by atoms with Crippen LogP contribution in [0, 0.1) is 35.5 Å². The minimum Gasteiger partial charge on any atom is -0.496 e. The van der Waals surface area contributed by atoms with Crippen molar-refractivity contribution in [2.24, 2.45) is 40.6 Å². The van der Waals surface area contributed by atoms with E-state index in [4.69, 9.17) is 9.47 Å². The molecule has 7 heteroatoms. The number of ether oxygens (including phenoxy) is 2. The molecule has 5 aliphatic rings. The minimum absolute atomic E-state index is 0.169. The largest absolute Gasteiger partial charge is 0.496 e. The number of benzene rings is 1. The lowest BCUT2D eigenvalue weighted by Crippen LogP contribution is -2.40. The van der Waals surface area contributed by atoms with Crippen molar-refractivity contribution in [3.8, 4) is 11.5 Å². The number of imide groups is 1. The molecule has 1 saturated heterocycles. The van der Waals surface area contributed by atoms with Crippen LogP contribution in [-0.4, -0.2) is 37.3 Å². The first-order valence-electron chi connectivity index (χ1n) is 9.06. The average molecular weight is 431 g/mol. The molecule has 0 spiro atoms. The second kappa shape index (κ2) is 5.92. The van der Waals surface area contributed by atoms with Crippen LogP contribution in [0.25, 0.3) is 0 Å². The molecule has 6 atom stereocenters. The number of methoxy groups -OCH3 is 2. The van der Waals surface area contributed by atoms with E-state index in [1.165, 1.54) is 6.21 Å². The molecule has 0 radical (unpaired) electrons. The Bertz CT molecular complexity index is 875. The standard InChI is InChI=1S/C20H19BrN2O4/c1-26-15-7-16(27-2)14(21)5-9(15)8-22-23-19(24)17-10-3-4-11(13-6-12(10)13)18(17)20(23)25/h3-5,7-8,10-13,17-18H,6H2,1-2H3/b22-8-/t10-,11-,12-,13-,17-,18+/m0/s1. The zero-order valence-electron chi connectivity index (χ0n) is 15.0. The number of hydrazone groups is 1. The molecule has 2 bridgehead atoms. The summed E-state index contributed by atoms with van der Waals surface area (Å²) in [5, 5.41) is 5.34. The maximum absolute atomic E-state index is 12.9. The van der Waals surface area contributed by atoms with Gasteiger partial charge in [0.2, 0.25) is 0 Å². The number of carbonyl (C=O) groups is 2. The Morgan fingerprint density at radius 3 is 2.19 bits per heavy atom. The van der Waals surface area contributed by atoms with Gasteiger partial charge in [-0.15, -0.1) is 0 Å². The highest BCUT2D eigenvalue weighted by molar-refractivity contribution is 9.10. The number of rotatable bonds is 4. The van der Waals surface area contributed by atoms with Crippen molar-refractivity contribution in [3.63, 3.8) is 0 Å². The predicted molar refractivity (Wildman–Crippen MR) is 101 cm³/mol. The van der Waals surface area contributed by atoms with Gasteiger partial charge in [-0.05, 0) is 52.1 Å². The summed E-state index contributed by atoms with van der Waals surface area (Å²) in [6.45, 7) is 0. The van der Waals surface area contributed by atoms with Gasteiger partial charge in [-0.3, -0.25) is 9.59 Å². The number of allylic oxidation sites excluding steroid dienone is 2. The van der Waals surface area contributed by atoms with Crippen molar-refractivity contribution in [2.45, 2.75) is 6.42 Å². The van der Waals surface area contributed by atoms with Crippen molar-refractivity contribution >= 4 is 34.0 Å². The van der Waals surface area contributed by atoms with Gasteiger partial charge in [0, 0.05) is 11.6 Å². The summed E-state index contributed by atoms with van der Waals surface area (Å²) in [4.78, 5) is 25.9. The number of hydrogen-bond acceptors (Lipinski definition) is 5. The molecule has 140 valence electrons. The molecule has 2 amide bonds. The van der Waals surface area contributed by atoms with Gasteiger partial charge in [0.05, 0.1) is 36.7 Å². The first-order valence-corrected chi connectivity index (χ1v) is 9.86. The number of hydrogen-bond donors (Lipinski definition) is 0. The number of carbonyl (C=O) groups excluding carboxylic acids is 2. The van der Waals surface area contributed by atoms with E-state index in [2.05, 4.69) is 33.2 Å². The van der Waals surface area contributed by atoms with Gasteiger partial charge in [-0.1, -0.05) is 12.2 Å². The van der Waals surface area contributed by atoms with Gasteiger partial charge in [-0.25, -0.2) is 0 Å². The van der Waals surface area contributed by atoms with Crippen molar-refractivity contribution in [1.29, 1.82) is 0 Å². The molecule has 0 N–H and O–H groups in total. The molecular weight excluding hydrogens is 412 g/mol. The second-order valence-electron chi connectivity index (χ2n) is 7.62. The van der Waals surface area contributed by atoms with Crippen LogP contribution in [0.15, 0.2) is 33.9 Å². The highest BCUT2D eigenvalue weighted by Crippen LogP contribution is 2.65. The zero-order valence-corrected chi connectivity index (χ0v) is 16.5. The molecule has 0 unspecified atom stereocenters. The fourth-order valence-corrected chi connectivity index (χ4v) is 5.68. The molecule has 3 fully saturated rings. The van der Waals surface area contributed by atoms with Gasteiger partial charge in [0.1, 0.15) is 11.5 Å². The minimum atomic E-state index is -0.238. The molecule has 1 aromatic rings. The molecule has 4 aliphatic carbocycles. The third kappa shape index (κ3) is 2.33. The number of nitrogens with zero attached hydrogens (tertiary/aromatic N) is 2. The quantitative estimate of drug-likeness (QED) is 0.418. The van der Waals surface area contributed by atoms with Crippen molar-refractivity contribution in [2.75, 3.05) is 14.2 Å². The predicted octanol–water partition coefficient (Wildman–Crippen LogP) is 2.85. The van der Waals surface area contributed by atoms with Crippen LogP contribution in [0.2, 0.25) is 0 Å². The summed E-state index contributed by atoms with van der Waals surface area (Å²) >= 11 is 3.44. The third-order valence-corrected chi connectivity index (χ3v) is 7.08. The summed E-state index contributed by atoms with van der Waals surface area (Å²) in [5.74, 6) is 1.94. The van der Waals surface area contributed by atoms with Crippen LogP contribution in [0.4, 0.5) is 0 Å². The van der Waals surface area contributed by atoms with E-state index in [1.807, 2.05) is 0 Å². The lowest BCUT2D eigenvalue weighted by atomic mass is 9.63. The summed E-state index contributed by atoms with van der Waals surface area (Å²) < 4.78 is 11.4. The summed E-state index contributed by atoms with van der Waals surface area (Å²) in [5.41, 5.74) is 0.657. The fraction of sp³-hybridized carbons (Fsp3) is 0.450. The molecule has 6 rings (SSSR count). The normalized spacial score (nSPS) is 35.6. The Morgan fingerprint density at radius 1 is 1.04 bits per heavy atom. The van der Waals surface area contributed by atoms with Crippen molar-refractivity contribution < 1.29 is 19.1 Å². The van der Waals surface area contributed by atoms with Crippen LogP contribution < -0.4 is 9.47 Å². The van der Waals surface area contributed by atoms with E-state index >= 15 is 0 Å². The van der Waals surface area contributed by atoms with Crippen molar-refractivity contribution in [1.82, 2.24) is 5.01 Å². The lowest BCUT2D eigenvalue weighted by Gasteiger charge is -2.37. The Hall–Kier alpha value is -2.15. The molecule has 2 saturated carbocycles. The Balaban J connectivity index is 1.45. The van der Waals surface area contributed by atoms with Gasteiger partial charge in [0.25, 0.3) is 11.8 Å². The van der Waals surface area contributed by atoms with Crippen molar-refractivity contribution in [3.05, 3.63) is 34.3 Å². The topological polar surface area (TPSA) is 68.2 Å². The first kappa shape index (κ1) is 17.0. The number of amides is 2. The van der Waals surface area contributed by atoms with Gasteiger partial charge in [0.15, 0.2) is 0 Å². The van der Waals surface area contributed by atoms with Crippen LogP contribution >= 0.6 is 15.9 Å². The highest BCUT2D eigenvalue weighted by Gasteiger charge is 2.67. The fourth-order valence-electron chi connectivity index (χ4n) is 5.16. The third-order valence-electron chi connectivity index (χ3n) is 6.46. The zero-order chi connectivity index (χ0) is 18.9. The molecule has 1 aliphatic heterocycles. The number of halogens is 1. The van der Waals surface area contributed by atoms with Crippen LogP contribution in [-0.2, 0) is 9.59 Å². The van der Waals surface area contributed by atoms with E-state index in [0.717, 1.165) is 15.9 Å². The van der Waals surface area contributed by atoms with Crippen LogP contribution in [0.1, 0.15) is 12.0 Å². The highest BCUT2D eigenvalue weighted by atomic mass is 79.9. The first-order chi connectivity index (χ1) is 13.0. The average Bonchev–Trinajstić information content (AvgIpc) is 3.45. The summed E-state index contributed by atoms with van der Waals surface area (Å²) in [7, 11) is 3.12. The summed E-state index contributed by atoms with van der Waals surface area (Å²) in [6, 6.07) is 3.52. The van der Waals surface area contributed by atoms with Gasteiger partial charge < -0.3 is 9.47 Å². The van der Waals surface area contributed by atoms with Crippen LogP contribution in [0.3, 0.4) is 0 Å². The summed E-state index contributed by atoms with van der Waals surface area (Å²) in [6.07, 6.45) is 6.96. The Kier molecular flexibility index (Phi) is 3.73. The molecule has 1 aromatic carbocycles.